The molecule has 0 bridgehead atoms. The molecule has 2 rings (SSSR count). The van der Waals surface area contributed by atoms with Gasteiger partial charge in [0.1, 0.15) is 0 Å². The van der Waals surface area contributed by atoms with E-state index >= 15 is 0 Å². The second kappa shape index (κ2) is 5.31. The molecule has 0 atom stereocenters. The number of carboxylic acids is 1. The van der Waals surface area contributed by atoms with Crippen LogP contribution >= 0.6 is 0 Å². The fraction of sp³-hybridized carbons (Fsp3) is 0.667. The lowest BCUT2D eigenvalue weighted by atomic mass is 9.93. The standard InChI is InChI=1S/C12H18N2O3/c1-14-8-10(2-3-11(15)16)12(13-14)9-4-6-17-7-5-9/h8-9H,2-7H2,1H3,(H,15,16). The van der Waals surface area contributed by atoms with Crippen LogP contribution in [0.5, 0.6) is 0 Å². The van der Waals surface area contributed by atoms with Crippen molar-refractivity contribution >= 4 is 5.97 Å². The van der Waals surface area contributed by atoms with Gasteiger partial charge in [-0.15, -0.1) is 0 Å². The fourth-order valence-corrected chi connectivity index (χ4v) is 2.30. The second-order valence-corrected chi connectivity index (χ2v) is 4.49. The zero-order valence-corrected chi connectivity index (χ0v) is 10.1. The van der Waals surface area contributed by atoms with Crippen LogP contribution in [-0.2, 0) is 23.0 Å². The van der Waals surface area contributed by atoms with Gasteiger partial charge in [0.05, 0.1) is 5.69 Å². The Morgan fingerprint density at radius 2 is 2.29 bits per heavy atom. The van der Waals surface area contributed by atoms with Crippen LogP contribution in [0.1, 0.15) is 36.4 Å². The predicted molar refractivity (Wildman–Crippen MR) is 62.0 cm³/mol. The maximum absolute atomic E-state index is 10.6. The van der Waals surface area contributed by atoms with Crippen LogP contribution in [0, 0.1) is 0 Å². The Morgan fingerprint density at radius 3 is 2.94 bits per heavy atom. The average Bonchev–Trinajstić information content (AvgIpc) is 2.69. The van der Waals surface area contributed by atoms with Crippen LogP contribution in [0.15, 0.2) is 6.20 Å². The van der Waals surface area contributed by atoms with Crippen molar-refractivity contribution in [2.24, 2.45) is 7.05 Å². The van der Waals surface area contributed by atoms with Crippen LogP contribution < -0.4 is 0 Å². The van der Waals surface area contributed by atoms with Gasteiger partial charge >= 0.3 is 5.97 Å². The Labute approximate surface area is 100 Å². The summed E-state index contributed by atoms with van der Waals surface area (Å²) >= 11 is 0. The van der Waals surface area contributed by atoms with Crippen molar-refractivity contribution in [1.82, 2.24) is 9.78 Å². The lowest BCUT2D eigenvalue weighted by Gasteiger charge is -2.21. The molecule has 0 saturated carbocycles. The highest BCUT2D eigenvalue weighted by Gasteiger charge is 2.22. The molecule has 1 saturated heterocycles. The van der Waals surface area contributed by atoms with E-state index in [2.05, 4.69) is 5.10 Å². The number of carboxylic acid groups (broad SMARTS) is 1. The van der Waals surface area contributed by atoms with Gasteiger partial charge in [0, 0.05) is 38.8 Å². The lowest BCUT2D eigenvalue weighted by molar-refractivity contribution is -0.136. The predicted octanol–water partition coefficient (Wildman–Crippen LogP) is 1.33. The van der Waals surface area contributed by atoms with Crippen LogP contribution in [0.25, 0.3) is 0 Å². The molecule has 1 fully saturated rings. The highest BCUT2D eigenvalue weighted by atomic mass is 16.5. The molecule has 2 heterocycles. The molecule has 0 amide bonds. The first-order chi connectivity index (χ1) is 8.16. The van der Waals surface area contributed by atoms with Crippen molar-refractivity contribution in [1.29, 1.82) is 0 Å². The van der Waals surface area contributed by atoms with Gasteiger partial charge in [0.2, 0.25) is 0 Å². The second-order valence-electron chi connectivity index (χ2n) is 4.49. The first-order valence-corrected chi connectivity index (χ1v) is 5.99. The van der Waals surface area contributed by atoms with Gasteiger partial charge in [0.25, 0.3) is 0 Å². The quantitative estimate of drug-likeness (QED) is 0.859. The number of nitrogens with zero attached hydrogens (tertiary/aromatic N) is 2. The molecule has 1 aromatic heterocycles. The Morgan fingerprint density at radius 1 is 1.59 bits per heavy atom. The van der Waals surface area contributed by atoms with Crippen molar-refractivity contribution in [3.8, 4) is 0 Å². The summed E-state index contributed by atoms with van der Waals surface area (Å²) in [5.74, 6) is -0.333. The zero-order chi connectivity index (χ0) is 12.3. The smallest absolute Gasteiger partial charge is 0.303 e. The van der Waals surface area contributed by atoms with E-state index in [1.807, 2.05) is 13.2 Å². The normalized spacial score (nSPS) is 17.2. The number of rotatable bonds is 4. The monoisotopic (exact) mass is 238 g/mol. The first-order valence-electron chi connectivity index (χ1n) is 5.99. The molecule has 1 aliphatic rings. The van der Waals surface area contributed by atoms with Crippen LogP contribution in [0.4, 0.5) is 0 Å². The highest BCUT2D eigenvalue weighted by Crippen LogP contribution is 2.28. The highest BCUT2D eigenvalue weighted by molar-refractivity contribution is 5.67. The summed E-state index contributed by atoms with van der Waals surface area (Å²) in [5.41, 5.74) is 2.14. The van der Waals surface area contributed by atoms with E-state index < -0.39 is 5.97 Å². The molecule has 0 unspecified atom stereocenters. The van der Waals surface area contributed by atoms with E-state index in [1.165, 1.54) is 0 Å². The average molecular weight is 238 g/mol. The Bertz CT molecular complexity index is 394. The zero-order valence-electron chi connectivity index (χ0n) is 10.1. The summed E-state index contributed by atoms with van der Waals surface area (Å²) in [4.78, 5) is 10.6. The number of aromatic nitrogens is 2. The van der Waals surface area contributed by atoms with Crippen LogP contribution in [0.2, 0.25) is 0 Å². The minimum Gasteiger partial charge on any atom is -0.481 e. The molecule has 94 valence electrons. The van der Waals surface area contributed by atoms with Gasteiger partial charge in [-0.2, -0.15) is 5.10 Å². The minimum absolute atomic E-state index is 0.169. The summed E-state index contributed by atoms with van der Waals surface area (Å²) in [5, 5.41) is 13.2. The van der Waals surface area contributed by atoms with Gasteiger partial charge in [-0.05, 0) is 24.8 Å². The maximum atomic E-state index is 10.6. The Balaban J connectivity index is 2.11. The number of ether oxygens (including phenoxy) is 1. The Hall–Kier alpha value is -1.36. The molecular formula is C12H18N2O3. The SMILES string of the molecule is Cn1cc(CCC(=O)O)c(C2CCOCC2)n1. The van der Waals surface area contributed by atoms with Crippen molar-refractivity contribution in [3.63, 3.8) is 0 Å². The summed E-state index contributed by atoms with van der Waals surface area (Å²) in [6, 6.07) is 0. The van der Waals surface area contributed by atoms with Gasteiger partial charge in [-0.3, -0.25) is 9.48 Å². The maximum Gasteiger partial charge on any atom is 0.303 e. The van der Waals surface area contributed by atoms with Gasteiger partial charge < -0.3 is 9.84 Å². The fourth-order valence-electron chi connectivity index (χ4n) is 2.30. The number of hydrogen-bond acceptors (Lipinski definition) is 3. The van der Waals surface area contributed by atoms with Gasteiger partial charge in [-0.25, -0.2) is 0 Å². The molecule has 0 radical (unpaired) electrons. The molecule has 1 aliphatic heterocycles. The van der Waals surface area contributed by atoms with Crippen molar-refractivity contribution < 1.29 is 14.6 Å². The molecule has 5 heteroatoms. The van der Waals surface area contributed by atoms with Crippen molar-refractivity contribution in [2.75, 3.05) is 13.2 Å². The van der Waals surface area contributed by atoms with Gasteiger partial charge in [-0.1, -0.05) is 0 Å². The third-order valence-corrected chi connectivity index (χ3v) is 3.15. The van der Waals surface area contributed by atoms with E-state index in [0.29, 0.717) is 12.3 Å². The summed E-state index contributed by atoms with van der Waals surface area (Å²) in [6.45, 7) is 1.55. The van der Waals surface area contributed by atoms with Crippen LogP contribution in [-0.4, -0.2) is 34.1 Å². The molecule has 0 aromatic carbocycles. The minimum atomic E-state index is -0.758. The number of hydrogen-bond donors (Lipinski definition) is 1. The molecule has 5 nitrogen and oxygen atoms in total. The number of aliphatic carboxylic acids is 1. The third kappa shape index (κ3) is 3.06. The van der Waals surface area contributed by atoms with E-state index in [1.54, 1.807) is 4.68 Å². The molecule has 0 aliphatic carbocycles. The van der Waals surface area contributed by atoms with Crippen molar-refractivity contribution in [3.05, 3.63) is 17.5 Å². The number of aryl methyl sites for hydroxylation is 2. The lowest BCUT2D eigenvalue weighted by Crippen LogP contribution is -2.16. The first kappa shape index (κ1) is 12.1. The van der Waals surface area contributed by atoms with E-state index in [-0.39, 0.29) is 6.42 Å². The molecule has 0 spiro atoms. The van der Waals surface area contributed by atoms with Crippen molar-refractivity contribution in [2.45, 2.75) is 31.6 Å². The van der Waals surface area contributed by atoms with Crippen LogP contribution in [0.3, 0.4) is 0 Å². The van der Waals surface area contributed by atoms with E-state index in [4.69, 9.17) is 9.84 Å². The largest absolute Gasteiger partial charge is 0.481 e. The summed E-state index contributed by atoms with van der Waals surface area (Å²) < 4.78 is 7.12. The Kier molecular flexibility index (Phi) is 3.78. The molecule has 17 heavy (non-hydrogen) atoms. The molecular weight excluding hydrogens is 220 g/mol. The molecule has 1 aromatic rings. The summed E-state index contributed by atoms with van der Waals surface area (Å²) in [6.07, 6.45) is 4.64. The third-order valence-electron chi connectivity index (χ3n) is 3.15. The number of carbonyl (C=O) groups is 1. The van der Waals surface area contributed by atoms with E-state index in [9.17, 15) is 4.79 Å². The topological polar surface area (TPSA) is 64.4 Å². The molecule has 1 N–H and O–H groups in total. The van der Waals surface area contributed by atoms with E-state index in [0.717, 1.165) is 37.3 Å². The summed E-state index contributed by atoms with van der Waals surface area (Å²) in [7, 11) is 1.88. The van der Waals surface area contributed by atoms with Gasteiger partial charge in [0.15, 0.2) is 0 Å².